The van der Waals surface area contributed by atoms with Crippen LogP contribution in [0.1, 0.15) is 28.8 Å². The van der Waals surface area contributed by atoms with Crippen molar-refractivity contribution < 1.29 is 9.53 Å². The molecular formula is C21H23BrN2O2. The molecule has 0 saturated carbocycles. The van der Waals surface area contributed by atoms with Gasteiger partial charge in [0.1, 0.15) is 12.4 Å². The number of carbonyl (C=O) groups excluding carboxylic acids is 1. The quantitative estimate of drug-likeness (QED) is 0.758. The molecule has 0 N–H and O–H groups in total. The summed E-state index contributed by atoms with van der Waals surface area (Å²) in [7, 11) is 0. The second-order valence-corrected chi connectivity index (χ2v) is 7.94. The Morgan fingerprint density at radius 1 is 1.12 bits per heavy atom. The first-order valence-electron chi connectivity index (χ1n) is 9.20. The Morgan fingerprint density at radius 3 is 2.81 bits per heavy atom. The fourth-order valence-electron chi connectivity index (χ4n) is 3.85. The lowest BCUT2D eigenvalue weighted by Gasteiger charge is -2.37. The maximum absolute atomic E-state index is 12.9. The van der Waals surface area contributed by atoms with Gasteiger partial charge >= 0.3 is 0 Å². The van der Waals surface area contributed by atoms with Crippen molar-refractivity contribution in [3.63, 3.8) is 0 Å². The number of nitrogens with zero attached hydrogens (tertiary/aromatic N) is 2. The third-order valence-corrected chi connectivity index (χ3v) is 5.80. The van der Waals surface area contributed by atoms with Gasteiger partial charge in [-0.05, 0) is 61.3 Å². The predicted molar refractivity (Wildman–Crippen MR) is 105 cm³/mol. The SMILES string of the molecule is O=C(c1cccc(COc2ccc(Br)cc2)c1)N1CCN2CCC[C@@H]2C1. The molecule has 4 nitrogen and oxygen atoms in total. The van der Waals surface area contributed by atoms with Gasteiger partial charge in [-0.25, -0.2) is 0 Å². The van der Waals surface area contributed by atoms with E-state index in [4.69, 9.17) is 4.74 Å². The van der Waals surface area contributed by atoms with Crippen LogP contribution in [0, 0.1) is 0 Å². The molecule has 1 atom stereocenters. The van der Waals surface area contributed by atoms with E-state index in [0.29, 0.717) is 12.6 Å². The van der Waals surface area contributed by atoms with Crippen molar-refractivity contribution >= 4 is 21.8 Å². The van der Waals surface area contributed by atoms with E-state index in [2.05, 4.69) is 20.8 Å². The molecule has 1 amide bonds. The van der Waals surface area contributed by atoms with E-state index in [0.717, 1.165) is 41.0 Å². The molecule has 4 rings (SSSR count). The van der Waals surface area contributed by atoms with Gasteiger partial charge in [0.15, 0.2) is 0 Å². The standard InChI is InChI=1S/C21H23BrN2O2/c22-18-6-8-20(9-7-18)26-15-16-3-1-4-17(13-16)21(25)24-12-11-23-10-2-5-19(23)14-24/h1,3-4,6-9,13,19H,2,5,10-12,14-15H2/t19-/m1/s1. The molecule has 0 aliphatic carbocycles. The summed E-state index contributed by atoms with van der Waals surface area (Å²) in [5, 5.41) is 0. The number of ether oxygens (including phenoxy) is 1. The first kappa shape index (κ1) is 17.6. The number of rotatable bonds is 4. The molecule has 2 fully saturated rings. The van der Waals surface area contributed by atoms with Gasteiger partial charge in [0.05, 0.1) is 0 Å². The van der Waals surface area contributed by atoms with Crippen LogP contribution in [0.15, 0.2) is 53.0 Å². The Balaban J connectivity index is 1.40. The minimum Gasteiger partial charge on any atom is -0.489 e. The summed E-state index contributed by atoms with van der Waals surface area (Å²) in [6, 6.07) is 16.1. The monoisotopic (exact) mass is 414 g/mol. The van der Waals surface area contributed by atoms with Crippen molar-refractivity contribution in [2.45, 2.75) is 25.5 Å². The molecule has 2 aromatic carbocycles. The minimum absolute atomic E-state index is 0.141. The fraction of sp³-hybridized carbons (Fsp3) is 0.381. The predicted octanol–water partition coefficient (Wildman–Crippen LogP) is 3.95. The van der Waals surface area contributed by atoms with E-state index in [1.807, 2.05) is 53.4 Å². The summed E-state index contributed by atoms with van der Waals surface area (Å²) >= 11 is 3.42. The van der Waals surface area contributed by atoms with Crippen molar-refractivity contribution in [2.75, 3.05) is 26.2 Å². The summed E-state index contributed by atoms with van der Waals surface area (Å²) in [5.41, 5.74) is 1.77. The highest BCUT2D eigenvalue weighted by Gasteiger charge is 2.32. The van der Waals surface area contributed by atoms with Crippen molar-refractivity contribution in [3.8, 4) is 5.75 Å². The number of halogens is 1. The fourth-order valence-corrected chi connectivity index (χ4v) is 4.11. The Bertz CT molecular complexity index is 778. The number of hydrogen-bond acceptors (Lipinski definition) is 3. The Kier molecular flexibility index (Phi) is 5.27. The van der Waals surface area contributed by atoms with Gasteiger partial charge in [0.25, 0.3) is 5.91 Å². The average Bonchev–Trinajstić information content (AvgIpc) is 3.15. The van der Waals surface area contributed by atoms with Gasteiger partial charge in [-0.1, -0.05) is 28.1 Å². The van der Waals surface area contributed by atoms with Gasteiger partial charge in [-0.2, -0.15) is 0 Å². The van der Waals surface area contributed by atoms with Crippen LogP contribution < -0.4 is 4.74 Å². The van der Waals surface area contributed by atoms with Crippen LogP contribution in [0.5, 0.6) is 5.75 Å². The van der Waals surface area contributed by atoms with Gasteiger partial charge in [-0.3, -0.25) is 9.69 Å². The van der Waals surface area contributed by atoms with E-state index >= 15 is 0 Å². The van der Waals surface area contributed by atoms with E-state index in [-0.39, 0.29) is 5.91 Å². The van der Waals surface area contributed by atoms with Crippen molar-refractivity contribution in [3.05, 3.63) is 64.1 Å². The molecule has 0 aromatic heterocycles. The first-order chi connectivity index (χ1) is 12.7. The molecular weight excluding hydrogens is 392 g/mol. The zero-order valence-electron chi connectivity index (χ0n) is 14.7. The lowest BCUT2D eigenvalue weighted by Crippen LogP contribution is -2.52. The highest BCUT2D eigenvalue weighted by atomic mass is 79.9. The molecule has 2 aromatic rings. The van der Waals surface area contributed by atoms with Crippen LogP contribution in [0.25, 0.3) is 0 Å². The average molecular weight is 415 g/mol. The maximum Gasteiger partial charge on any atom is 0.253 e. The van der Waals surface area contributed by atoms with Gasteiger partial charge in [-0.15, -0.1) is 0 Å². The summed E-state index contributed by atoms with van der Waals surface area (Å²) in [6.45, 7) is 4.34. The molecule has 2 aliphatic heterocycles. The maximum atomic E-state index is 12.9. The van der Waals surface area contributed by atoms with Gasteiger partial charge in [0, 0.05) is 35.7 Å². The van der Waals surface area contributed by atoms with Crippen LogP contribution in [-0.4, -0.2) is 47.9 Å². The number of carbonyl (C=O) groups is 1. The molecule has 5 heteroatoms. The smallest absolute Gasteiger partial charge is 0.253 e. The van der Waals surface area contributed by atoms with Crippen LogP contribution in [0.2, 0.25) is 0 Å². The zero-order chi connectivity index (χ0) is 17.9. The van der Waals surface area contributed by atoms with Gasteiger partial charge < -0.3 is 9.64 Å². The molecule has 0 spiro atoms. The Labute approximate surface area is 162 Å². The third-order valence-electron chi connectivity index (χ3n) is 5.27. The summed E-state index contributed by atoms with van der Waals surface area (Å²) in [5.74, 6) is 0.962. The zero-order valence-corrected chi connectivity index (χ0v) is 16.3. The number of benzene rings is 2. The van der Waals surface area contributed by atoms with E-state index in [1.54, 1.807) is 0 Å². The molecule has 136 valence electrons. The molecule has 2 saturated heterocycles. The largest absolute Gasteiger partial charge is 0.489 e. The lowest BCUT2D eigenvalue weighted by molar-refractivity contribution is 0.0571. The van der Waals surface area contributed by atoms with Crippen LogP contribution >= 0.6 is 15.9 Å². The lowest BCUT2D eigenvalue weighted by atomic mass is 10.1. The number of piperazine rings is 1. The second kappa shape index (κ2) is 7.80. The first-order valence-corrected chi connectivity index (χ1v) is 9.99. The van der Waals surface area contributed by atoms with Crippen molar-refractivity contribution in [1.82, 2.24) is 9.80 Å². The molecule has 26 heavy (non-hydrogen) atoms. The van der Waals surface area contributed by atoms with E-state index in [9.17, 15) is 4.79 Å². The number of hydrogen-bond donors (Lipinski definition) is 0. The molecule has 2 aliphatic rings. The third kappa shape index (κ3) is 3.94. The topological polar surface area (TPSA) is 32.8 Å². The summed E-state index contributed by atoms with van der Waals surface area (Å²) in [4.78, 5) is 17.4. The van der Waals surface area contributed by atoms with Crippen molar-refractivity contribution in [1.29, 1.82) is 0 Å². The normalized spacial score (nSPS) is 20.0. The molecule has 0 bridgehead atoms. The molecule has 0 radical (unpaired) electrons. The molecule has 2 heterocycles. The Hall–Kier alpha value is -1.85. The van der Waals surface area contributed by atoms with Crippen molar-refractivity contribution in [2.24, 2.45) is 0 Å². The van der Waals surface area contributed by atoms with Crippen LogP contribution in [0.3, 0.4) is 0 Å². The molecule has 0 unspecified atom stereocenters. The number of amides is 1. The van der Waals surface area contributed by atoms with E-state index in [1.165, 1.54) is 19.4 Å². The van der Waals surface area contributed by atoms with Crippen LogP contribution in [-0.2, 0) is 6.61 Å². The highest BCUT2D eigenvalue weighted by Crippen LogP contribution is 2.23. The van der Waals surface area contributed by atoms with Gasteiger partial charge in [0.2, 0.25) is 0 Å². The van der Waals surface area contributed by atoms with E-state index < -0.39 is 0 Å². The second-order valence-electron chi connectivity index (χ2n) is 7.03. The Morgan fingerprint density at radius 2 is 1.96 bits per heavy atom. The summed E-state index contributed by atoms with van der Waals surface area (Å²) in [6.07, 6.45) is 2.47. The minimum atomic E-state index is 0.141. The van der Waals surface area contributed by atoms with Crippen LogP contribution in [0.4, 0.5) is 0 Å². The number of fused-ring (bicyclic) bond motifs is 1. The highest BCUT2D eigenvalue weighted by molar-refractivity contribution is 9.10. The summed E-state index contributed by atoms with van der Waals surface area (Å²) < 4.78 is 6.86.